The first-order chi connectivity index (χ1) is 11.6. The van der Waals surface area contributed by atoms with Crippen LogP contribution in [0.2, 0.25) is 0 Å². The van der Waals surface area contributed by atoms with Gasteiger partial charge in [-0.3, -0.25) is 4.90 Å². The highest BCUT2D eigenvalue weighted by Gasteiger charge is 2.29. The molecule has 1 aromatic rings. The van der Waals surface area contributed by atoms with Crippen LogP contribution in [-0.2, 0) is 4.74 Å². The second-order valence-corrected chi connectivity index (χ2v) is 7.87. The number of benzene rings is 1. The van der Waals surface area contributed by atoms with E-state index < -0.39 is 0 Å². The fourth-order valence-electron chi connectivity index (χ4n) is 3.67. The molecule has 0 amide bonds. The van der Waals surface area contributed by atoms with Crippen LogP contribution in [0.1, 0.15) is 31.4 Å². The van der Waals surface area contributed by atoms with Crippen molar-refractivity contribution in [3.8, 4) is 0 Å². The molecule has 1 atom stereocenters. The van der Waals surface area contributed by atoms with E-state index in [0.717, 1.165) is 39.1 Å². The Kier molecular flexibility index (Phi) is 6.28. The van der Waals surface area contributed by atoms with Crippen LogP contribution >= 0.6 is 0 Å². The molecule has 0 unspecified atom stereocenters. The van der Waals surface area contributed by atoms with Gasteiger partial charge in [-0.25, -0.2) is 0 Å². The summed E-state index contributed by atoms with van der Waals surface area (Å²) in [7, 11) is 2.22. The maximum absolute atomic E-state index is 5.55. The van der Waals surface area contributed by atoms with Gasteiger partial charge < -0.3 is 15.0 Å². The Balaban J connectivity index is 1.61. The van der Waals surface area contributed by atoms with Gasteiger partial charge in [0.05, 0.1) is 0 Å². The molecule has 24 heavy (non-hydrogen) atoms. The van der Waals surface area contributed by atoms with Crippen molar-refractivity contribution in [1.82, 2.24) is 15.1 Å². The zero-order valence-corrected chi connectivity index (χ0v) is 15.3. The summed E-state index contributed by atoms with van der Waals surface area (Å²) in [6.07, 6.45) is 2.33. The van der Waals surface area contributed by atoms with Crippen molar-refractivity contribution >= 4 is 0 Å². The van der Waals surface area contributed by atoms with Crippen LogP contribution in [0.5, 0.6) is 0 Å². The Morgan fingerprint density at radius 2 is 1.75 bits per heavy atom. The normalized spacial score (nSPS) is 23.9. The highest BCUT2D eigenvalue weighted by atomic mass is 16.5. The lowest BCUT2D eigenvalue weighted by Gasteiger charge is -2.38. The van der Waals surface area contributed by atoms with Gasteiger partial charge in [-0.2, -0.15) is 0 Å². The highest BCUT2D eigenvalue weighted by Crippen LogP contribution is 2.29. The molecule has 0 saturated carbocycles. The lowest BCUT2D eigenvalue weighted by molar-refractivity contribution is 0.0219. The molecule has 2 heterocycles. The monoisotopic (exact) mass is 331 g/mol. The summed E-state index contributed by atoms with van der Waals surface area (Å²) in [6, 6.07) is 11.4. The Morgan fingerprint density at radius 1 is 1.08 bits per heavy atom. The molecular formula is C20H33N3O. The van der Waals surface area contributed by atoms with E-state index in [-0.39, 0.29) is 0 Å². The average molecular weight is 332 g/mol. The zero-order chi connectivity index (χ0) is 16.8. The molecular weight excluding hydrogens is 298 g/mol. The third-order valence-electron chi connectivity index (χ3n) is 5.71. The number of likely N-dealkylation sites (N-methyl/N-ethyl adjacent to an activating group) is 1. The van der Waals surface area contributed by atoms with Crippen LogP contribution in [0.3, 0.4) is 0 Å². The van der Waals surface area contributed by atoms with Crippen LogP contribution in [0.15, 0.2) is 30.3 Å². The standard InChI is InChI=1S/C20H33N3O/c1-20(8-14-24-15-9-20)17-21-19(18-6-4-3-5-7-18)16-23-12-10-22(2)11-13-23/h3-7,19,21H,8-17H2,1-2H3/t19-/m0/s1. The second-order valence-electron chi connectivity index (χ2n) is 7.87. The van der Waals surface area contributed by atoms with E-state index in [9.17, 15) is 0 Å². The van der Waals surface area contributed by atoms with Crippen molar-refractivity contribution in [3.63, 3.8) is 0 Å². The second kappa shape index (κ2) is 8.43. The van der Waals surface area contributed by atoms with Gasteiger partial charge in [-0.1, -0.05) is 37.3 Å². The van der Waals surface area contributed by atoms with Gasteiger partial charge in [0, 0.05) is 58.5 Å². The van der Waals surface area contributed by atoms with Gasteiger partial charge in [0.2, 0.25) is 0 Å². The largest absolute Gasteiger partial charge is 0.381 e. The summed E-state index contributed by atoms with van der Waals surface area (Å²) in [5.74, 6) is 0. The van der Waals surface area contributed by atoms with Crippen LogP contribution in [0.4, 0.5) is 0 Å². The number of nitrogens with one attached hydrogen (secondary N) is 1. The first kappa shape index (κ1) is 17.9. The van der Waals surface area contributed by atoms with E-state index in [0.29, 0.717) is 11.5 Å². The third-order valence-corrected chi connectivity index (χ3v) is 5.71. The van der Waals surface area contributed by atoms with E-state index >= 15 is 0 Å². The predicted molar refractivity (Wildman–Crippen MR) is 99.3 cm³/mol. The number of hydrogen-bond donors (Lipinski definition) is 1. The third kappa shape index (κ3) is 5.03. The fourth-order valence-corrected chi connectivity index (χ4v) is 3.67. The molecule has 2 fully saturated rings. The minimum absolute atomic E-state index is 0.368. The van der Waals surface area contributed by atoms with E-state index in [4.69, 9.17) is 4.74 Å². The maximum atomic E-state index is 5.55. The van der Waals surface area contributed by atoms with Gasteiger partial charge in [-0.15, -0.1) is 0 Å². The predicted octanol–water partition coefficient (Wildman–Crippen LogP) is 2.38. The van der Waals surface area contributed by atoms with E-state index in [1.807, 2.05) is 0 Å². The molecule has 2 saturated heterocycles. The van der Waals surface area contributed by atoms with Crippen LogP contribution < -0.4 is 5.32 Å². The first-order valence-electron chi connectivity index (χ1n) is 9.42. The van der Waals surface area contributed by atoms with Crippen LogP contribution in [-0.4, -0.2) is 69.3 Å². The SMILES string of the molecule is CN1CCN(C[C@H](NCC2(C)CCOCC2)c2ccccc2)CC1. The van der Waals surface area contributed by atoms with E-state index in [1.165, 1.54) is 31.7 Å². The van der Waals surface area contributed by atoms with Crippen molar-refractivity contribution < 1.29 is 4.74 Å². The number of ether oxygens (including phenoxy) is 1. The molecule has 0 bridgehead atoms. The minimum atomic E-state index is 0.368. The quantitative estimate of drug-likeness (QED) is 0.866. The molecule has 0 aromatic heterocycles. The molecule has 2 aliphatic rings. The molecule has 0 spiro atoms. The van der Waals surface area contributed by atoms with E-state index in [1.54, 1.807) is 0 Å². The lowest BCUT2D eigenvalue weighted by atomic mass is 9.82. The van der Waals surface area contributed by atoms with Gasteiger partial charge >= 0.3 is 0 Å². The number of nitrogens with zero attached hydrogens (tertiary/aromatic N) is 2. The lowest BCUT2D eigenvalue weighted by Crippen LogP contribution is -2.48. The van der Waals surface area contributed by atoms with Crippen molar-refractivity contribution in [1.29, 1.82) is 0 Å². The Labute approximate surface area is 147 Å². The molecule has 4 heteroatoms. The molecule has 0 radical (unpaired) electrons. The van der Waals surface area contributed by atoms with Crippen LogP contribution in [0.25, 0.3) is 0 Å². The summed E-state index contributed by atoms with van der Waals surface area (Å²) >= 11 is 0. The summed E-state index contributed by atoms with van der Waals surface area (Å²) < 4.78 is 5.55. The van der Waals surface area contributed by atoms with Gasteiger partial charge in [0.1, 0.15) is 0 Å². The first-order valence-corrected chi connectivity index (χ1v) is 9.42. The zero-order valence-electron chi connectivity index (χ0n) is 15.3. The molecule has 0 aliphatic carbocycles. The smallest absolute Gasteiger partial charge is 0.0471 e. The van der Waals surface area contributed by atoms with Crippen molar-refractivity contribution in [2.75, 3.05) is 59.5 Å². The molecule has 2 aliphatic heterocycles. The van der Waals surface area contributed by atoms with Gasteiger partial charge in [0.25, 0.3) is 0 Å². The van der Waals surface area contributed by atoms with E-state index in [2.05, 4.69) is 59.4 Å². The molecule has 3 rings (SSSR count). The Morgan fingerprint density at radius 3 is 2.42 bits per heavy atom. The average Bonchev–Trinajstić information content (AvgIpc) is 2.62. The summed E-state index contributed by atoms with van der Waals surface area (Å²) in [5.41, 5.74) is 1.78. The van der Waals surface area contributed by atoms with Gasteiger partial charge in [-0.05, 0) is 30.9 Å². The molecule has 1 N–H and O–H groups in total. The fraction of sp³-hybridized carbons (Fsp3) is 0.700. The Hall–Kier alpha value is -0.940. The van der Waals surface area contributed by atoms with Crippen molar-refractivity contribution in [3.05, 3.63) is 35.9 Å². The van der Waals surface area contributed by atoms with Crippen molar-refractivity contribution in [2.24, 2.45) is 5.41 Å². The topological polar surface area (TPSA) is 27.7 Å². The number of piperazine rings is 1. The summed E-state index contributed by atoms with van der Waals surface area (Å²) in [6.45, 7) is 11.1. The number of rotatable bonds is 6. The molecule has 1 aromatic carbocycles. The number of hydrogen-bond acceptors (Lipinski definition) is 4. The minimum Gasteiger partial charge on any atom is -0.381 e. The summed E-state index contributed by atoms with van der Waals surface area (Å²) in [5, 5.41) is 3.89. The van der Waals surface area contributed by atoms with Gasteiger partial charge in [0.15, 0.2) is 0 Å². The molecule has 4 nitrogen and oxygen atoms in total. The molecule has 134 valence electrons. The highest BCUT2D eigenvalue weighted by molar-refractivity contribution is 5.19. The van der Waals surface area contributed by atoms with Crippen molar-refractivity contribution in [2.45, 2.75) is 25.8 Å². The maximum Gasteiger partial charge on any atom is 0.0471 e. The summed E-state index contributed by atoms with van der Waals surface area (Å²) in [4.78, 5) is 5.03. The Bertz CT molecular complexity index is 479. The van der Waals surface area contributed by atoms with Crippen LogP contribution in [0, 0.1) is 5.41 Å².